The van der Waals surface area contributed by atoms with Crippen LogP contribution in [0.25, 0.3) is 0 Å². The Balaban J connectivity index is 0.00000288. The normalized spacial score (nSPS) is 10.3. The highest BCUT2D eigenvalue weighted by Gasteiger charge is 2.11. The van der Waals surface area contributed by atoms with Crippen molar-refractivity contribution in [3.05, 3.63) is 64.7 Å². The zero-order chi connectivity index (χ0) is 16.7. The van der Waals surface area contributed by atoms with Gasteiger partial charge in [-0.25, -0.2) is 0 Å². The van der Waals surface area contributed by atoms with Crippen LogP contribution < -0.4 is 5.32 Å². The van der Waals surface area contributed by atoms with Crippen LogP contribution in [0, 0.1) is 0 Å². The number of carbonyl (C=O) groups excluding carboxylic acids is 1. The van der Waals surface area contributed by atoms with Crippen molar-refractivity contribution < 1.29 is 4.79 Å². The highest BCUT2D eigenvalue weighted by molar-refractivity contribution is 6.30. The van der Waals surface area contributed by atoms with Gasteiger partial charge in [0, 0.05) is 10.7 Å². The number of likely N-dealkylation sites (N-methyl/N-ethyl adjacent to an activating group) is 1. The predicted octanol–water partition coefficient (Wildman–Crippen LogP) is 4.63. The molecule has 1 amide bonds. The largest absolute Gasteiger partial charge is 0.325 e. The molecule has 5 heteroatoms. The molecule has 0 radical (unpaired) electrons. The predicted molar refractivity (Wildman–Crippen MR) is 104 cm³/mol. The van der Waals surface area contributed by atoms with Crippen molar-refractivity contribution in [1.29, 1.82) is 0 Å². The van der Waals surface area contributed by atoms with Gasteiger partial charge in [0.25, 0.3) is 0 Å². The lowest BCUT2D eigenvalue weighted by molar-refractivity contribution is -0.117. The van der Waals surface area contributed by atoms with E-state index in [4.69, 9.17) is 11.6 Å². The SMILES string of the molecule is CCN(CC)CC(=O)Nc1ccc(Cl)cc1Cc1ccccc1.Cl. The third-order valence-electron chi connectivity index (χ3n) is 3.84. The number of hydrogen-bond acceptors (Lipinski definition) is 2. The molecule has 0 aromatic heterocycles. The average Bonchev–Trinajstić information content (AvgIpc) is 2.56. The summed E-state index contributed by atoms with van der Waals surface area (Å²) in [7, 11) is 0. The van der Waals surface area contributed by atoms with Crippen LogP contribution in [0.2, 0.25) is 5.02 Å². The van der Waals surface area contributed by atoms with Gasteiger partial charge in [0.2, 0.25) is 5.91 Å². The second-order valence-electron chi connectivity index (χ2n) is 5.47. The monoisotopic (exact) mass is 366 g/mol. The Hall–Kier alpha value is -1.55. The molecular weight excluding hydrogens is 343 g/mol. The van der Waals surface area contributed by atoms with Gasteiger partial charge in [-0.3, -0.25) is 9.69 Å². The zero-order valence-electron chi connectivity index (χ0n) is 14.1. The minimum absolute atomic E-state index is 0. The van der Waals surface area contributed by atoms with Gasteiger partial charge in [-0.15, -0.1) is 12.4 Å². The number of anilines is 1. The summed E-state index contributed by atoms with van der Waals surface area (Å²) in [5.74, 6) is 0.00494. The van der Waals surface area contributed by atoms with Gasteiger partial charge in [0.15, 0.2) is 0 Å². The third-order valence-corrected chi connectivity index (χ3v) is 4.08. The van der Waals surface area contributed by atoms with Crippen molar-refractivity contribution in [2.75, 3.05) is 25.0 Å². The molecule has 2 aromatic rings. The number of carbonyl (C=O) groups is 1. The fourth-order valence-corrected chi connectivity index (χ4v) is 2.68. The third kappa shape index (κ3) is 6.16. The first-order valence-corrected chi connectivity index (χ1v) is 8.34. The Bertz CT molecular complexity index is 643. The average molecular weight is 367 g/mol. The van der Waals surface area contributed by atoms with Crippen molar-refractivity contribution in [3.63, 3.8) is 0 Å². The van der Waals surface area contributed by atoms with Crippen LogP contribution in [0.1, 0.15) is 25.0 Å². The minimum Gasteiger partial charge on any atom is -0.325 e. The molecule has 0 heterocycles. The number of amides is 1. The number of halogens is 2. The highest BCUT2D eigenvalue weighted by Crippen LogP contribution is 2.23. The molecule has 0 atom stereocenters. The Morgan fingerprint density at radius 2 is 1.75 bits per heavy atom. The van der Waals surface area contributed by atoms with Crippen molar-refractivity contribution in [2.45, 2.75) is 20.3 Å². The summed E-state index contributed by atoms with van der Waals surface area (Å²) < 4.78 is 0. The Kier molecular flexibility index (Phi) is 8.83. The van der Waals surface area contributed by atoms with Gasteiger partial charge in [-0.1, -0.05) is 55.8 Å². The molecule has 0 saturated carbocycles. The van der Waals surface area contributed by atoms with E-state index in [1.54, 1.807) is 0 Å². The lowest BCUT2D eigenvalue weighted by Gasteiger charge is -2.18. The van der Waals surface area contributed by atoms with E-state index in [2.05, 4.69) is 36.2 Å². The second-order valence-corrected chi connectivity index (χ2v) is 5.91. The molecule has 2 rings (SSSR count). The maximum absolute atomic E-state index is 12.2. The molecule has 0 bridgehead atoms. The molecule has 24 heavy (non-hydrogen) atoms. The van der Waals surface area contributed by atoms with E-state index < -0.39 is 0 Å². The number of nitrogens with one attached hydrogen (secondary N) is 1. The first-order valence-electron chi connectivity index (χ1n) is 7.97. The van der Waals surface area contributed by atoms with Crippen LogP contribution in [-0.4, -0.2) is 30.4 Å². The zero-order valence-corrected chi connectivity index (χ0v) is 15.7. The standard InChI is InChI=1S/C19H23ClN2O.ClH/c1-3-22(4-2)14-19(23)21-18-11-10-17(20)13-16(18)12-15-8-6-5-7-9-15;/h5-11,13H,3-4,12,14H2,1-2H3,(H,21,23);1H. The summed E-state index contributed by atoms with van der Waals surface area (Å²) in [4.78, 5) is 14.3. The minimum atomic E-state index is 0. The summed E-state index contributed by atoms with van der Waals surface area (Å²) in [6, 6.07) is 15.8. The molecule has 3 nitrogen and oxygen atoms in total. The highest BCUT2D eigenvalue weighted by atomic mass is 35.5. The van der Waals surface area contributed by atoms with Crippen molar-refractivity contribution in [2.24, 2.45) is 0 Å². The summed E-state index contributed by atoms with van der Waals surface area (Å²) in [5.41, 5.74) is 3.04. The first-order chi connectivity index (χ1) is 11.1. The fraction of sp³-hybridized carbons (Fsp3) is 0.316. The van der Waals surface area contributed by atoms with E-state index in [0.29, 0.717) is 11.6 Å². The summed E-state index contributed by atoms with van der Waals surface area (Å²) in [6.07, 6.45) is 0.738. The topological polar surface area (TPSA) is 32.3 Å². The maximum atomic E-state index is 12.2. The molecule has 130 valence electrons. The Morgan fingerprint density at radius 3 is 2.38 bits per heavy atom. The van der Waals surface area contributed by atoms with Gasteiger partial charge in [-0.2, -0.15) is 0 Å². The fourth-order valence-electron chi connectivity index (χ4n) is 2.49. The van der Waals surface area contributed by atoms with Crippen LogP contribution in [0.3, 0.4) is 0 Å². The van der Waals surface area contributed by atoms with Crippen LogP contribution in [0.4, 0.5) is 5.69 Å². The van der Waals surface area contributed by atoms with Crippen LogP contribution in [-0.2, 0) is 11.2 Å². The van der Waals surface area contributed by atoms with Crippen LogP contribution in [0.5, 0.6) is 0 Å². The van der Waals surface area contributed by atoms with Crippen LogP contribution in [0.15, 0.2) is 48.5 Å². The second kappa shape index (κ2) is 10.3. The number of benzene rings is 2. The lowest BCUT2D eigenvalue weighted by atomic mass is 10.0. The van der Waals surface area contributed by atoms with Gasteiger partial charge < -0.3 is 5.32 Å². The van der Waals surface area contributed by atoms with E-state index >= 15 is 0 Å². The molecular formula is C19H24Cl2N2O. The van der Waals surface area contributed by atoms with E-state index in [0.717, 1.165) is 30.8 Å². The molecule has 0 aliphatic carbocycles. The molecule has 0 spiro atoms. The maximum Gasteiger partial charge on any atom is 0.238 e. The molecule has 0 aliphatic heterocycles. The van der Waals surface area contributed by atoms with Gasteiger partial charge in [0.05, 0.1) is 6.54 Å². The molecule has 0 saturated heterocycles. The summed E-state index contributed by atoms with van der Waals surface area (Å²) >= 11 is 6.13. The number of hydrogen-bond donors (Lipinski definition) is 1. The summed E-state index contributed by atoms with van der Waals surface area (Å²) in [5, 5.41) is 3.70. The Morgan fingerprint density at radius 1 is 1.08 bits per heavy atom. The Labute approximate surface area is 155 Å². The lowest BCUT2D eigenvalue weighted by Crippen LogP contribution is -2.33. The van der Waals surface area contributed by atoms with Gasteiger partial charge in [0.1, 0.15) is 0 Å². The molecule has 1 N–H and O–H groups in total. The van der Waals surface area contributed by atoms with E-state index in [-0.39, 0.29) is 18.3 Å². The van der Waals surface area contributed by atoms with E-state index in [1.165, 1.54) is 5.56 Å². The number of rotatable bonds is 7. The smallest absolute Gasteiger partial charge is 0.238 e. The quantitative estimate of drug-likeness (QED) is 0.774. The first kappa shape index (κ1) is 20.5. The van der Waals surface area contributed by atoms with Crippen molar-refractivity contribution in [1.82, 2.24) is 4.90 Å². The number of nitrogens with zero attached hydrogens (tertiary/aromatic N) is 1. The van der Waals surface area contributed by atoms with Crippen molar-refractivity contribution in [3.8, 4) is 0 Å². The molecule has 2 aromatic carbocycles. The molecule has 0 unspecified atom stereocenters. The van der Waals surface area contributed by atoms with Gasteiger partial charge >= 0.3 is 0 Å². The molecule has 0 fully saturated rings. The van der Waals surface area contributed by atoms with E-state index in [1.807, 2.05) is 36.4 Å². The van der Waals surface area contributed by atoms with Crippen LogP contribution >= 0.6 is 24.0 Å². The van der Waals surface area contributed by atoms with E-state index in [9.17, 15) is 4.79 Å². The van der Waals surface area contributed by atoms with Crippen molar-refractivity contribution >= 4 is 35.6 Å². The summed E-state index contributed by atoms with van der Waals surface area (Å²) in [6.45, 7) is 6.24. The van der Waals surface area contributed by atoms with Gasteiger partial charge in [-0.05, 0) is 48.8 Å². The molecule has 0 aliphatic rings.